The van der Waals surface area contributed by atoms with Gasteiger partial charge < -0.3 is 0 Å². The number of hydrogen-bond donors (Lipinski definition) is 1. The van der Waals surface area contributed by atoms with Crippen molar-refractivity contribution in [1.82, 2.24) is 10.4 Å². The van der Waals surface area contributed by atoms with Crippen LogP contribution in [-0.4, -0.2) is 17.1 Å². The minimum atomic E-state index is -0.135. The van der Waals surface area contributed by atoms with Crippen LogP contribution in [0.3, 0.4) is 0 Å². The number of thiophene rings is 1. The lowest BCUT2D eigenvalue weighted by atomic mass is 9.99. The molecule has 3 rings (SSSR count). The van der Waals surface area contributed by atoms with Gasteiger partial charge in [-0.3, -0.25) is 9.78 Å². The molecule has 20 heavy (non-hydrogen) atoms. The van der Waals surface area contributed by atoms with Crippen molar-refractivity contribution in [3.05, 3.63) is 51.5 Å². The number of carbonyl (C=O) groups excluding carboxylic acids is 1. The summed E-state index contributed by atoms with van der Waals surface area (Å²) in [5, 5.41) is 3.97. The summed E-state index contributed by atoms with van der Waals surface area (Å²) in [6.45, 7) is 0. The number of rotatable bonds is 3. The van der Waals surface area contributed by atoms with Crippen LogP contribution >= 0.6 is 11.3 Å². The summed E-state index contributed by atoms with van der Waals surface area (Å²) < 4.78 is 0. The second kappa shape index (κ2) is 5.96. The topological polar surface area (TPSA) is 54.4 Å². The highest BCUT2D eigenvalue weighted by atomic mass is 32.1. The molecule has 2 heterocycles. The molecule has 1 amide bonds. The number of amides is 1. The largest absolute Gasteiger partial charge is 0.281 e. The van der Waals surface area contributed by atoms with E-state index in [4.69, 9.17) is 0 Å². The lowest BCUT2D eigenvalue weighted by Crippen LogP contribution is -2.16. The third-order valence-corrected chi connectivity index (χ3v) is 4.52. The van der Waals surface area contributed by atoms with Crippen molar-refractivity contribution in [3.63, 3.8) is 0 Å². The van der Waals surface area contributed by atoms with Crippen LogP contribution in [0, 0.1) is 0 Å². The summed E-state index contributed by atoms with van der Waals surface area (Å²) in [6, 6.07) is 5.72. The Balaban J connectivity index is 1.65. The minimum absolute atomic E-state index is 0.135. The number of pyridine rings is 1. The molecule has 0 saturated heterocycles. The predicted molar refractivity (Wildman–Crippen MR) is 80.3 cm³/mol. The SMILES string of the molecule is O=C(NN=Cc1cccnc1)c1cc2c(s1)CCCC2. The molecule has 1 aliphatic carbocycles. The summed E-state index contributed by atoms with van der Waals surface area (Å²) >= 11 is 1.59. The quantitative estimate of drug-likeness (QED) is 0.696. The van der Waals surface area contributed by atoms with Crippen molar-refractivity contribution >= 4 is 23.5 Å². The van der Waals surface area contributed by atoms with Crippen LogP contribution in [-0.2, 0) is 12.8 Å². The molecular weight excluding hydrogens is 270 g/mol. The van der Waals surface area contributed by atoms with Crippen LogP contribution in [0.1, 0.15) is 38.5 Å². The molecule has 5 heteroatoms. The monoisotopic (exact) mass is 285 g/mol. The maximum absolute atomic E-state index is 12.0. The van der Waals surface area contributed by atoms with Crippen molar-refractivity contribution < 1.29 is 4.79 Å². The van der Waals surface area contributed by atoms with Crippen molar-refractivity contribution in [2.45, 2.75) is 25.7 Å². The first-order valence-corrected chi connectivity index (χ1v) is 7.49. The Hall–Kier alpha value is -2.01. The number of fused-ring (bicyclic) bond motifs is 1. The van der Waals surface area contributed by atoms with Crippen molar-refractivity contribution in [3.8, 4) is 0 Å². The van der Waals surface area contributed by atoms with E-state index in [1.165, 1.54) is 23.3 Å². The van der Waals surface area contributed by atoms with E-state index in [2.05, 4.69) is 15.5 Å². The molecule has 1 N–H and O–H groups in total. The third kappa shape index (κ3) is 2.93. The van der Waals surface area contributed by atoms with E-state index in [9.17, 15) is 4.79 Å². The van der Waals surface area contributed by atoms with Gasteiger partial charge in [0.2, 0.25) is 0 Å². The van der Waals surface area contributed by atoms with Gasteiger partial charge in [0.1, 0.15) is 0 Å². The number of hydrogen-bond acceptors (Lipinski definition) is 4. The van der Waals surface area contributed by atoms with Gasteiger partial charge >= 0.3 is 0 Å². The maximum Gasteiger partial charge on any atom is 0.281 e. The molecule has 0 bridgehead atoms. The van der Waals surface area contributed by atoms with Crippen LogP contribution in [0.2, 0.25) is 0 Å². The number of aromatic nitrogens is 1. The fourth-order valence-corrected chi connectivity index (χ4v) is 3.42. The van der Waals surface area contributed by atoms with E-state index in [-0.39, 0.29) is 5.91 Å². The van der Waals surface area contributed by atoms with Gasteiger partial charge in [-0.05, 0) is 43.4 Å². The van der Waals surface area contributed by atoms with E-state index in [0.717, 1.165) is 23.3 Å². The summed E-state index contributed by atoms with van der Waals surface area (Å²) in [4.78, 5) is 18.1. The fourth-order valence-electron chi connectivity index (χ4n) is 2.28. The first-order valence-electron chi connectivity index (χ1n) is 6.68. The third-order valence-electron chi connectivity index (χ3n) is 3.28. The molecule has 0 unspecified atom stereocenters. The molecule has 102 valence electrons. The molecule has 1 aliphatic rings. The summed E-state index contributed by atoms with van der Waals surface area (Å²) in [5.41, 5.74) is 4.77. The van der Waals surface area contributed by atoms with Gasteiger partial charge in [-0.15, -0.1) is 11.3 Å². The van der Waals surface area contributed by atoms with Crippen LogP contribution in [0.5, 0.6) is 0 Å². The molecule has 0 saturated carbocycles. The molecule has 2 aromatic rings. The molecule has 0 atom stereocenters. The Morgan fingerprint density at radius 3 is 3.10 bits per heavy atom. The van der Waals surface area contributed by atoms with Crippen LogP contribution in [0.15, 0.2) is 35.7 Å². The van der Waals surface area contributed by atoms with Gasteiger partial charge in [-0.1, -0.05) is 6.07 Å². The number of carbonyl (C=O) groups is 1. The van der Waals surface area contributed by atoms with E-state index in [0.29, 0.717) is 0 Å². The Bertz CT molecular complexity index is 610. The summed E-state index contributed by atoms with van der Waals surface area (Å²) in [5.74, 6) is -0.135. The van der Waals surface area contributed by atoms with Gasteiger partial charge in [0.15, 0.2) is 0 Å². The number of aryl methyl sites for hydroxylation is 2. The molecule has 0 aliphatic heterocycles. The molecule has 0 radical (unpaired) electrons. The van der Waals surface area contributed by atoms with Crippen molar-refractivity contribution in [2.24, 2.45) is 5.10 Å². The van der Waals surface area contributed by atoms with E-state index >= 15 is 0 Å². The molecule has 0 aromatic carbocycles. The summed E-state index contributed by atoms with van der Waals surface area (Å²) in [6.07, 6.45) is 9.64. The zero-order valence-corrected chi connectivity index (χ0v) is 11.8. The second-order valence-electron chi connectivity index (χ2n) is 4.75. The van der Waals surface area contributed by atoms with Gasteiger partial charge in [0.05, 0.1) is 11.1 Å². The Morgan fingerprint density at radius 2 is 2.30 bits per heavy atom. The van der Waals surface area contributed by atoms with Crippen molar-refractivity contribution in [1.29, 1.82) is 0 Å². The molecule has 4 nitrogen and oxygen atoms in total. The van der Waals surface area contributed by atoms with Crippen LogP contribution in [0.4, 0.5) is 0 Å². The molecule has 0 spiro atoms. The number of hydrazone groups is 1. The number of nitrogens with one attached hydrogen (secondary N) is 1. The smallest absolute Gasteiger partial charge is 0.266 e. The summed E-state index contributed by atoms with van der Waals surface area (Å²) in [7, 11) is 0. The highest BCUT2D eigenvalue weighted by molar-refractivity contribution is 7.14. The van der Waals surface area contributed by atoms with Crippen LogP contribution < -0.4 is 5.43 Å². The lowest BCUT2D eigenvalue weighted by Gasteiger charge is -2.08. The average Bonchev–Trinajstić information content (AvgIpc) is 2.92. The first kappa shape index (κ1) is 13.0. The van der Waals surface area contributed by atoms with Crippen molar-refractivity contribution in [2.75, 3.05) is 0 Å². The fraction of sp³-hybridized carbons (Fsp3) is 0.267. The van der Waals surface area contributed by atoms with E-state index in [1.807, 2.05) is 18.2 Å². The van der Waals surface area contributed by atoms with Gasteiger partial charge in [0.25, 0.3) is 5.91 Å². The Morgan fingerprint density at radius 1 is 1.40 bits per heavy atom. The van der Waals surface area contributed by atoms with E-state index in [1.54, 1.807) is 29.9 Å². The molecular formula is C15H15N3OS. The van der Waals surface area contributed by atoms with Crippen LogP contribution in [0.25, 0.3) is 0 Å². The molecule has 0 fully saturated rings. The van der Waals surface area contributed by atoms with Gasteiger partial charge in [-0.2, -0.15) is 5.10 Å². The lowest BCUT2D eigenvalue weighted by molar-refractivity contribution is 0.0959. The number of nitrogens with zero attached hydrogens (tertiary/aromatic N) is 2. The normalized spacial score (nSPS) is 14.2. The maximum atomic E-state index is 12.0. The first-order chi connectivity index (χ1) is 9.83. The highest BCUT2D eigenvalue weighted by Gasteiger charge is 2.16. The Labute approximate surface area is 121 Å². The second-order valence-corrected chi connectivity index (χ2v) is 5.89. The van der Waals surface area contributed by atoms with Gasteiger partial charge in [0, 0.05) is 22.8 Å². The predicted octanol–water partition coefficient (Wildman–Crippen LogP) is 2.79. The van der Waals surface area contributed by atoms with E-state index < -0.39 is 0 Å². The highest BCUT2D eigenvalue weighted by Crippen LogP contribution is 2.29. The minimum Gasteiger partial charge on any atom is -0.266 e. The zero-order valence-electron chi connectivity index (χ0n) is 11.0. The Kier molecular flexibility index (Phi) is 3.87. The molecule has 2 aromatic heterocycles. The standard InChI is InChI=1S/C15H15N3OS/c19-15(18-17-10-11-4-3-7-16-9-11)14-8-12-5-1-2-6-13(12)20-14/h3-4,7-10H,1-2,5-6H2,(H,18,19). The zero-order chi connectivity index (χ0) is 13.8. The van der Waals surface area contributed by atoms with Gasteiger partial charge in [-0.25, -0.2) is 5.43 Å². The average molecular weight is 285 g/mol.